The predicted octanol–water partition coefficient (Wildman–Crippen LogP) is 2.12. The standard InChI is InChI=1S/C17H25F2NO4/c1-3-4-17(22)24-12-15(21)11-20(7-8-23-2)10-13-5-6-14(18)9-16(13)19/h5-6,9,15,21H,3-4,7-8,10-12H2,1-2H3/t15-/m0/s1. The maximum atomic E-state index is 13.8. The van der Waals surface area contributed by atoms with Crippen LogP contribution in [0.2, 0.25) is 0 Å². The summed E-state index contributed by atoms with van der Waals surface area (Å²) in [6.07, 6.45) is 0.0887. The molecule has 0 unspecified atom stereocenters. The summed E-state index contributed by atoms with van der Waals surface area (Å²) in [5, 5.41) is 10.0. The summed E-state index contributed by atoms with van der Waals surface area (Å²) < 4.78 is 36.7. The van der Waals surface area contributed by atoms with Crippen LogP contribution in [-0.2, 0) is 20.8 Å². The Morgan fingerprint density at radius 3 is 2.75 bits per heavy atom. The molecule has 0 aliphatic carbocycles. The molecular weight excluding hydrogens is 320 g/mol. The van der Waals surface area contributed by atoms with Gasteiger partial charge in [0.05, 0.1) is 6.61 Å². The maximum absolute atomic E-state index is 13.8. The number of carbonyl (C=O) groups is 1. The molecule has 0 saturated carbocycles. The lowest BCUT2D eigenvalue weighted by molar-refractivity contribution is -0.147. The summed E-state index contributed by atoms with van der Waals surface area (Å²) in [4.78, 5) is 13.1. The van der Waals surface area contributed by atoms with Crippen molar-refractivity contribution in [3.8, 4) is 0 Å². The van der Waals surface area contributed by atoms with E-state index < -0.39 is 17.7 Å². The van der Waals surface area contributed by atoms with E-state index in [1.807, 2.05) is 6.92 Å². The smallest absolute Gasteiger partial charge is 0.305 e. The van der Waals surface area contributed by atoms with Crippen LogP contribution < -0.4 is 0 Å². The summed E-state index contributed by atoms with van der Waals surface area (Å²) in [5.74, 6) is -1.63. The molecule has 0 spiro atoms. The van der Waals surface area contributed by atoms with Crippen molar-refractivity contribution in [2.75, 3.05) is 33.4 Å². The van der Waals surface area contributed by atoms with Gasteiger partial charge in [0.1, 0.15) is 24.3 Å². The number of halogens is 2. The van der Waals surface area contributed by atoms with E-state index >= 15 is 0 Å². The topological polar surface area (TPSA) is 59.0 Å². The average molecular weight is 345 g/mol. The van der Waals surface area contributed by atoms with Gasteiger partial charge in [0.2, 0.25) is 0 Å². The van der Waals surface area contributed by atoms with Crippen molar-refractivity contribution in [2.45, 2.75) is 32.4 Å². The maximum Gasteiger partial charge on any atom is 0.305 e. The van der Waals surface area contributed by atoms with Crippen LogP contribution in [0.5, 0.6) is 0 Å². The Bertz CT molecular complexity index is 513. The van der Waals surface area contributed by atoms with Crippen LogP contribution in [-0.4, -0.2) is 55.5 Å². The molecule has 0 bridgehead atoms. The third kappa shape index (κ3) is 7.81. The summed E-state index contributed by atoms with van der Waals surface area (Å²) >= 11 is 0. The first-order chi connectivity index (χ1) is 11.5. The van der Waals surface area contributed by atoms with E-state index in [1.165, 1.54) is 12.1 Å². The number of hydrogen-bond acceptors (Lipinski definition) is 5. The van der Waals surface area contributed by atoms with Crippen molar-refractivity contribution < 1.29 is 28.2 Å². The summed E-state index contributed by atoms with van der Waals surface area (Å²) in [6.45, 7) is 2.96. The third-order valence-corrected chi connectivity index (χ3v) is 3.38. The fourth-order valence-corrected chi connectivity index (χ4v) is 2.16. The van der Waals surface area contributed by atoms with Crippen LogP contribution >= 0.6 is 0 Å². The largest absolute Gasteiger partial charge is 0.463 e. The molecule has 0 aromatic heterocycles. The molecule has 1 aromatic carbocycles. The lowest BCUT2D eigenvalue weighted by Crippen LogP contribution is -2.37. The fraction of sp³-hybridized carbons (Fsp3) is 0.588. The molecule has 0 aliphatic rings. The van der Waals surface area contributed by atoms with Crippen molar-refractivity contribution in [1.82, 2.24) is 4.90 Å². The number of benzene rings is 1. The van der Waals surface area contributed by atoms with Crippen LogP contribution in [0, 0.1) is 11.6 Å². The highest BCUT2D eigenvalue weighted by Crippen LogP contribution is 2.12. The van der Waals surface area contributed by atoms with Crippen LogP contribution in [0.25, 0.3) is 0 Å². The van der Waals surface area contributed by atoms with Crippen LogP contribution in [0.1, 0.15) is 25.3 Å². The summed E-state index contributed by atoms with van der Waals surface area (Å²) in [6, 6.07) is 3.39. The first-order valence-electron chi connectivity index (χ1n) is 7.95. The van der Waals surface area contributed by atoms with Crippen LogP contribution in [0.3, 0.4) is 0 Å². The first-order valence-corrected chi connectivity index (χ1v) is 7.95. The van der Waals surface area contributed by atoms with E-state index in [2.05, 4.69) is 0 Å². The van der Waals surface area contributed by atoms with Gasteiger partial charge in [-0.25, -0.2) is 8.78 Å². The van der Waals surface area contributed by atoms with Crippen molar-refractivity contribution in [1.29, 1.82) is 0 Å². The molecule has 0 aliphatic heterocycles. The second-order valence-corrected chi connectivity index (χ2v) is 5.55. The van der Waals surface area contributed by atoms with E-state index in [1.54, 1.807) is 12.0 Å². The highest BCUT2D eigenvalue weighted by molar-refractivity contribution is 5.69. The van der Waals surface area contributed by atoms with Gasteiger partial charge in [0, 0.05) is 44.8 Å². The molecule has 1 aromatic rings. The zero-order chi connectivity index (χ0) is 17.9. The quantitative estimate of drug-likeness (QED) is 0.623. The van der Waals surface area contributed by atoms with Gasteiger partial charge in [-0.15, -0.1) is 0 Å². The van der Waals surface area contributed by atoms with Gasteiger partial charge in [-0.1, -0.05) is 13.0 Å². The van der Waals surface area contributed by atoms with Crippen molar-refractivity contribution in [3.05, 3.63) is 35.4 Å². The Hall–Kier alpha value is -1.57. The second-order valence-electron chi connectivity index (χ2n) is 5.55. The minimum atomic E-state index is -0.897. The first kappa shape index (κ1) is 20.5. The number of methoxy groups -OCH3 is 1. The number of nitrogens with zero attached hydrogens (tertiary/aromatic N) is 1. The lowest BCUT2D eigenvalue weighted by atomic mass is 10.2. The Balaban J connectivity index is 2.59. The zero-order valence-corrected chi connectivity index (χ0v) is 14.1. The van der Waals surface area contributed by atoms with E-state index in [0.29, 0.717) is 31.6 Å². The second kappa shape index (κ2) is 11.1. The Kier molecular flexibility index (Phi) is 9.44. The van der Waals surface area contributed by atoms with E-state index in [0.717, 1.165) is 6.07 Å². The SMILES string of the molecule is CCCC(=O)OC[C@@H](O)CN(CCOC)Cc1ccc(F)cc1F. The van der Waals surface area contributed by atoms with Gasteiger partial charge >= 0.3 is 5.97 Å². The van der Waals surface area contributed by atoms with E-state index in [9.17, 15) is 18.7 Å². The Morgan fingerprint density at radius 1 is 1.38 bits per heavy atom. The fourth-order valence-electron chi connectivity index (χ4n) is 2.16. The molecular formula is C17H25F2NO4. The molecule has 0 amide bonds. The lowest BCUT2D eigenvalue weighted by Gasteiger charge is -2.25. The number of aliphatic hydroxyl groups excluding tert-OH is 1. The van der Waals surface area contributed by atoms with Gasteiger partial charge in [0.25, 0.3) is 0 Å². The molecule has 1 atom stereocenters. The molecule has 1 N–H and O–H groups in total. The Labute approximate surface area is 141 Å². The Morgan fingerprint density at radius 2 is 2.12 bits per heavy atom. The number of aliphatic hydroxyl groups is 1. The molecule has 7 heteroatoms. The number of ether oxygens (including phenoxy) is 2. The highest BCUT2D eigenvalue weighted by atomic mass is 19.1. The highest BCUT2D eigenvalue weighted by Gasteiger charge is 2.16. The van der Waals surface area contributed by atoms with Crippen molar-refractivity contribution in [3.63, 3.8) is 0 Å². The van der Waals surface area contributed by atoms with Gasteiger partial charge in [0.15, 0.2) is 0 Å². The predicted molar refractivity (Wildman–Crippen MR) is 85.4 cm³/mol. The molecule has 0 saturated heterocycles. The number of carbonyl (C=O) groups excluding carboxylic acids is 1. The molecule has 5 nitrogen and oxygen atoms in total. The number of rotatable bonds is 11. The molecule has 1 rings (SSSR count). The van der Waals surface area contributed by atoms with E-state index in [4.69, 9.17) is 9.47 Å². The molecule has 0 fully saturated rings. The number of hydrogen-bond donors (Lipinski definition) is 1. The van der Waals surface area contributed by atoms with E-state index in [-0.39, 0.29) is 25.7 Å². The number of esters is 1. The third-order valence-electron chi connectivity index (χ3n) is 3.38. The van der Waals surface area contributed by atoms with Crippen LogP contribution in [0.15, 0.2) is 18.2 Å². The van der Waals surface area contributed by atoms with Gasteiger partial charge in [-0.3, -0.25) is 9.69 Å². The van der Waals surface area contributed by atoms with Gasteiger partial charge < -0.3 is 14.6 Å². The molecule has 24 heavy (non-hydrogen) atoms. The van der Waals surface area contributed by atoms with Gasteiger partial charge in [-0.2, -0.15) is 0 Å². The zero-order valence-electron chi connectivity index (χ0n) is 14.1. The van der Waals surface area contributed by atoms with Crippen LogP contribution in [0.4, 0.5) is 8.78 Å². The van der Waals surface area contributed by atoms with Crippen molar-refractivity contribution in [2.24, 2.45) is 0 Å². The summed E-state index contributed by atoms with van der Waals surface area (Å²) in [5.41, 5.74) is 0.322. The molecule has 0 radical (unpaired) electrons. The molecule has 136 valence electrons. The minimum absolute atomic E-state index is 0.117. The summed E-state index contributed by atoms with van der Waals surface area (Å²) in [7, 11) is 1.54. The normalized spacial score (nSPS) is 12.4. The molecule has 0 heterocycles. The monoisotopic (exact) mass is 345 g/mol. The van der Waals surface area contributed by atoms with Crippen molar-refractivity contribution >= 4 is 5.97 Å². The average Bonchev–Trinajstić information content (AvgIpc) is 2.53. The van der Waals surface area contributed by atoms with Gasteiger partial charge in [-0.05, 0) is 12.5 Å². The minimum Gasteiger partial charge on any atom is -0.463 e.